The van der Waals surface area contributed by atoms with Crippen molar-refractivity contribution >= 4 is 11.3 Å². The summed E-state index contributed by atoms with van der Waals surface area (Å²) in [6.07, 6.45) is 3.95. The van der Waals surface area contributed by atoms with Gasteiger partial charge < -0.3 is 5.32 Å². The number of hydrogen-bond acceptors (Lipinski definition) is 3. The van der Waals surface area contributed by atoms with Gasteiger partial charge in [-0.05, 0) is 37.3 Å². The van der Waals surface area contributed by atoms with Crippen LogP contribution in [-0.2, 0) is 6.42 Å². The molecule has 96 valence electrons. The van der Waals surface area contributed by atoms with Crippen LogP contribution in [0, 0.1) is 0 Å². The maximum atomic E-state index is 3.57. The van der Waals surface area contributed by atoms with Gasteiger partial charge in [-0.25, -0.2) is 0 Å². The molecule has 17 heavy (non-hydrogen) atoms. The molecule has 0 saturated carbocycles. The Labute approximate surface area is 109 Å². The van der Waals surface area contributed by atoms with Crippen LogP contribution in [0.25, 0.3) is 0 Å². The predicted octanol–water partition coefficient (Wildman–Crippen LogP) is 2.75. The van der Waals surface area contributed by atoms with E-state index in [-0.39, 0.29) is 0 Å². The summed E-state index contributed by atoms with van der Waals surface area (Å²) >= 11 is 1.88. The van der Waals surface area contributed by atoms with E-state index in [1.165, 1.54) is 37.2 Å². The molecule has 0 bridgehead atoms. The third kappa shape index (κ3) is 4.09. The first-order chi connectivity index (χ1) is 8.25. The van der Waals surface area contributed by atoms with Gasteiger partial charge in [0.1, 0.15) is 0 Å². The van der Waals surface area contributed by atoms with Crippen LogP contribution in [0.2, 0.25) is 0 Å². The Bertz CT molecular complexity index is 308. The molecule has 1 aliphatic rings. The van der Waals surface area contributed by atoms with E-state index in [9.17, 15) is 0 Å². The normalized spacial score (nSPS) is 21.5. The fourth-order valence-corrected chi connectivity index (χ4v) is 3.20. The molecule has 1 saturated heterocycles. The molecule has 1 aromatic heterocycles. The van der Waals surface area contributed by atoms with Crippen LogP contribution >= 0.6 is 11.3 Å². The van der Waals surface area contributed by atoms with E-state index in [1.54, 1.807) is 0 Å². The van der Waals surface area contributed by atoms with Gasteiger partial charge in [0.25, 0.3) is 0 Å². The smallest absolute Gasteiger partial charge is 0.0221 e. The number of nitrogens with one attached hydrogen (secondary N) is 1. The van der Waals surface area contributed by atoms with Crippen molar-refractivity contribution in [1.29, 1.82) is 0 Å². The molecular formula is C14H24N2S. The Morgan fingerprint density at radius 1 is 1.53 bits per heavy atom. The van der Waals surface area contributed by atoms with Crippen molar-refractivity contribution in [1.82, 2.24) is 10.2 Å². The summed E-state index contributed by atoms with van der Waals surface area (Å²) in [6.45, 7) is 8.12. The molecule has 0 spiro atoms. The van der Waals surface area contributed by atoms with Gasteiger partial charge in [0.15, 0.2) is 0 Å². The molecule has 1 atom stereocenters. The minimum absolute atomic E-state index is 0.606. The SMILES string of the molecule is CC(C)NCC1CCCN1CCc1cccs1. The quantitative estimate of drug-likeness (QED) is 0.837. The lowest BCUT2D eigenvalue weighted by molar-refractivity contribution is 0.247. The highest BCUT2D eigenvalue weighted by atomic mass is 32.1. The van der Waals surface area contributed by atoms with E-state index in [4.69, 9.17) is 0 Å². The van der Waals surface area contributed by atoms with Gasteiger partial charge in [-0.1, -0.05) is 19.9 Å². The maximum Gasteiger partial charge on any atom is 0.0221 e. The zero-order valence-corrected chi connectivity index (χ0v) is 11.8. The molecule has 2 rings (SSSR count). The molecule has 0 radical (unpaired) electrons. The lowest BCUT2D eigenvalue weighted by atomic mass is 10.2. The highest BCUT2D eigenvalue weighted by molar-refractivity contribution is 7.09. The second-order valence-electron chi connectivity index (χ2n) is 5.22. The van der Waals surface area contributed by atoms with Crippen LogP contribution in [0.4, 0.5) is 0 Å². The van der Waals surface area contributed by atoms with Crippen LogP contribution in [0.1, 0.15) is 31.6 Å². The molecule has 2 heterocycles. The average Bonchev–Trinajstić information content (AvgIpc) is 2.95. The zero-order valence-electron chi connectivity index (χ0n) is 11.0. The largest absolute Gasteiger partial charge is 0.313 e. The van der Waals surface area contributed by atoms with Gasteiger partial charge in [-0.2, -0.15) is 0 Å². The number of nitrogens with zero attached hydrogens (tertiary/aromatic N) is 1. The fourth-order valence-electron chi connectivity index (χ4n) is 2.50. The first kappa shape index (κ1) is 13.1. The minimum atomic E-state index is 0.606. The van der Waals surface area contributed by atoms with Gasteiger partial charge in [0.05, 0.1) is 0 Å². The van der Waals surface area contributed by atoms with Crippen molar-refractivity contribution in [3.8, 4) is 0 Å². The lowest BCUT2D eigenvalue weighted by Crippen LogP contribution is -2.40. The predicted molar refractivity (Wildman–Crippen MR) is 75.8 cm³/mol. The Morgan fingerprint density at radius 3 is 3.12 bits per heavy atom. The van der Waals surface area contributed by atoms with Crippen LogP contribution < -0.4 is 5.32 Å². The maximum absolute atomic E-state index is 3.57. The molecule has 2 nitrogen and oxygen atoms in total. The Hall–Kier alpha value is -0.380. The van der Waals surface area contributed by atoms with Gasteiger partial charge in [0.2, 0.25) is 0 Å². The van der Waals surface area contributed by atoms with Crippen molar-refractivity contribution in [3.05, 3.63) is 22.4 Å². The molecular weight excluding hydrogens is 228 g/mol. The summed E-state index contributed by atoms with van der Waals surface area (Å²) in [5.74, 6) is 0. The van der Waals surface area contributed by atoms with Crippen LogP contribution in [-0.4, -0.2) is 36.6 Å². The van der Waals surface area contributed by atoms with Gasteiger partial charge in [-0.15, -0.1) is 11.3 Å². The van der Waals surface area contributed by atoms with Gasteiger partial charge >= 0.3 is 0 Å². The minimum Gasteiger partial charge on any atom is -0.313 e. The van der Waals surface area contributed by atoms with Gasteiger partial charge in [0, 0.05) is 30.1 Å². The van der Waals surface area contributed by atoms with E-state index in [0.29, 0.717) is 6.04 Å². The lowest BCUT2D eigenvalue weighted by Gasteiger charge is -2.25. The van der Waals surface area contributed by atoms with E-state index in [0.717, 1.165) is 12.6 Å². The molecule has 0 amide bonds. The number of thiophene rings is 1. The molecule has 1 aliphatic heterocycles. The summed E-state index contributed by atoms with van der Waals surface area (Å²) in [5.41, 5.74) is 0. The Morgan fingerprint density at radius 2 is 2.41 bits per heavy atom. The van der Waals surface area contributed by atoms with E-state index in [1.807, 2.05) is 11.3 Å². The van der Waals surface area contributed by atoms with Gasteiger partial charge in [-0.3, -0.25) is 4.90 Å². The van der Waals surface area contributed by atoms with Crippen molar-refractivity contribution in [2.24, 2.45) is 0 Å². The van der Waals surface area contributed by atoms with E-state index >= 15 is 0 Å². The second kappa shape index (κ2) is 6.53. The molecule has 0 aromatic carbocycles. The summed E-state index contributed by atoms with van der Waals surface area (Å²) in [7, 11) is 0. The van der Waals surface area contributed by atoms with Crippen molar-refractivity contribution in [3.63, 3.8) is 0 Å². The summed E-state index contributed by atoms with van der Waals surface area (Å²) in [4.78, 5) is 4.18. The van der Waals surface area contributed by atoms with E-state index < -0.39 is 0 Å². The van der Waals surface area contributed by atoms with Crippen LogP contribution in [0.5, 0.6) is 0 Å². The highest BCUT2D eigenvalue weighted by Gasteiger charge is 2.23. The molecule has 1 aromatic rings. The zero-order chi connectivity index (χ0) is 12.1. The van der Waals surface area contributed by atoms with Crippen molar-refractivity contribution in [2.45, 2.75) is 45.2 Å². The number of rotatable bonds is 6. The fraction of sp³-hybridized carbons (Fsp3) is 0.714. The van der Waals surface area contributed by atoms with Crippen LogP contribution in [0.15, 0.2) is 17.5 Å². The monoisotopic (exact) mass is 252 g/mol. The third-order valence-corrected chi connectivity index (χ3v) is 4.42. The summed E-state index contributed by atoms with van der Waals surface area (Å²) in [6, 6.07) is 5.77. The van der Waals surface area contributed by atoms with E-state index in [2.05, 4.69) is 41.6 Å². The van der Waals surface area contributed by atoms with Crippen molar-refractivity contribution < 1.29 is 0 Å². The third-order valence-electron chi connectivity index (χ3n) is 3.49. The first-order valence-electron chi connectivity index (χ1n) is 6.75. The standard InChI is InChI=1S/C14H24N2S/c1-12(2)15-11-13-5-3-8-16(13)9-7-14-6-4-10-17-14/h4,6,10,12-13,15H,3,5,7-9,11H2,1-2H3. The number of hydrogen-bond donors (Lipinski definition) is 1. The summed E-state index contributed by atoms with van der Waals surface area (Å²) < 4.78 is 0. The topological polar surface area (TPSA) is 15.3 Å². The Balaban J connectivity index is 1.75. The van der Waals surface area contributed by atoms with Crippen molar-refractivity contribution in [2.75, 3.05) is 19.6 Å². The molecule has 1 fully saturated rings. The molecule has 1 N–H and O–H groups in total. The number of likely N-dealkylation sites (tertiary alicyclic amines) is 1. The Kier molecular flexibility index (Phi) is 5.01. The van der Waals surface area contributed by atoms with Crippen LogP contribution in [0.3, 0.4) is 0 Å². The highest BCUT2D eigenvalue weighted by Crippen LogP contribution is 2.18. The first-order valence-corrected chi connectivity index (χ1v) is 7.63. The average molecular weight is 252 g/mol. The second-order valence-corrected chi connectivity index (χ2v) is 6.26. The molecule has 3 heteroatoms. The molecule has 1 unspecified atom stereocenters. The summed E-state index contributed by atoms with van der Waals surface area (Å²) in [5, 5.41) is 5.75. The molecule has 0 aliphatic carbocycles.